The second-order valence-electron chi connectivity index (χ2n) is 12.2. The molecule has 6 nitrogen and oxygen atoms in total. The molecule has 3 aromatic carbocycles. The van der Waals surface area contributed by atoms with Gasteiger partial charge in [0, 0.05) is 44.2 Å². The van der Waals surface area contributed by atoms with Crippen molar-refractivity contribution in [2.75, 3.05) is 26.2 Å². The van der Waals surface area contributed by atoms with Crippen LogP contribution in [0.3, 0.4) is 0 Å². The van der Waals surface area contributed by atoms with E-state index in [0.717, 1.165) is 53.7 Å². The van der Waals surface area contributed by atoms with Crippen LogP contribution >= 0.6 is 0 Å². The highest BCUT2D eigenvalue weighted by atomic mass is 19.2. The Kier molecular flexibility index (Phi) is 9.26. The molecule has 2 heterocycles. The monoisotopic (exact) mass is 617 g/mol. The van der Waals surface area contributed by atoms with E-state index in [9.17, 15) is 22.8 Å². The maximum atomic E-state index is 14.4. The lowest BCUT2D eigenvalue weighted by molar-refractivity contribution is -0.132. The predicted molar refractivity (Wildman–Crippen MR) is 166 cm³/mol. The third kappa shape index (κ3) is 7.09. The molecule has 2 unspecified atom stereocenters. The normalized spacial score (nSPS) is 19.4. The summed E-state index contributed by atoms with van der Waals surface area (Å²) >= 11 is 0. The van der Waals surface area contributed by atoms with E-state index in [1.165, 1.54) is 5.56 Å². The number of nitrogens with one attached hydrogen (secondary N) is 1. The van der Waals surface area contributed by atoms with Crippen molar-refractivity contribution < 1.29 is 27.5 Å². The fraction of sp³-hybridized carbons (Fsp3) is 0.389. The first-order valence-corrected chi connectivity index (χ1v) is 15.7. The number of benzene rings is 3. The Bertz CT molecular complexity index is 1570. The lowest BCUT2D eigenvalue weighted by Crippen LogP contribution is -2.62. The number of ether oxygens (including phenoxy) is 1. The molecule has 2 atom stereocenters. The minimum atomic E-state index is -1.32. The van der Waals surface area contributed by atoms with Crippen LogP contribution in [0, 0.1) is 17.5 Å². The number of nitrogens with zero attached hydrogens (tertiary/aromatic N) is 2. The van der Waals surface area contributed by atoms with Crippen LogP contribution in [0.25, 0.3) is 5.57 Å². The first kappa shape index (κ1) is 30.9. The Balaban J connectivity index is 1.20. The molecule has 45 heavy (non-hydrogen) atoms. The summed E-state index contributed by atoms with van der Waals surface area (Å²) in [6.45, 7) is 3.31. The van der Waals surface area contributed by atoms with Gasteiger partial charge in [0.15, 0.2) is 17.4 Å². The molecule has 2 fully saturated rings. The average Bonchev–Trinajstić information content (AvgIpc) is 3.88. The van der Waals surface area contributed by atoms with Crippen LogP contribution in [0.4, 0.5) is 13.2 Å². The molecule has 0 aromatic heterocycles. The Morgan fingerprint density at radius 3 is 2.33 bits per heavy atom. The highest BCUT2D eigenvalue weighted by Crippen LogP contribution is 2.37. The van der Waals surface area contributed by atoms with Gasteiger partial charge in [-0.3, -0.25) is 9.59 Å². The third-order valence-corrected chi connectivity index (χ3v) is 8.97. The van der Waals surface area contributed by atoms with E-state index in [2.05, 4.69) is 17.4 Å². The lowest BCUT2D eigenvalue weighted by atomic mass is 9.82. The summed E-state index contributed by atoms with van der Waals surface area (Å²) < 4.78 is 46.4. The van der Waals surface area contributed by atoms with Crippen LogP contribution in [-0.2, 0) is 22.4 Å². The molecule has 2 amide bonds. The van der Waals surface area contributed by atoms with Gasteiger partial charge in [-0.25, -0.2) is 8.78 Å². The molecular weight excluding hydrogens is 579 g/mol. The highest BCUT2D eigenvalue weighted by Gasteiger charge is 2.42. The fourth-order valence-electron chi connectivity index (χ4n) is 6.47. The Morgan fingerprint density at radius 1 is 0.911 bits per heavy atom. The molecule has 1 saturated carbocycles. The quantitative estimate of drug-likeness (QED) is 0.222. The van der Waals surface area contributed by atoms with E-state index in [4.69, 9.17) is 4.74 Å². The Hall–Kier alpha value is -4.11. The molecule has 1 N–H and O–H groups in total. The summed E-state index contributed by atoms with van der Waals surface area (Å²) in [6, 6.07) is 19.9. The number of carbonyl (C=O) groups excluding carboxylic acids is 2. The molecule has 0 spiro atoms. The van der Waals surface area contributed by atoms with Crippen LogP contribution in [0.5, 0.6) is 5.75 Å². The SMILES string of the molecule is CC(=O)N1CC2CC(c3ccc(CCCOc4c(F)ccc(F)c4F)cc3)=C(C(=O)N(CCc3ccccc3)C3CC3)C(C1)N2. The summed E-state index contributed by atoms with van der Waals surface area (Å²) in [5.74, 6) is -4.05. The number of fused-ring (bicyclic) bond motifs is 2. The number of hydrogen-bond acceptors (Lipinski definition) is 4. The summed E-state index contributed by atoms with van der Waals surface area (Å²) in [5, 5.41) is 3.64. The average molecular weight is 618 g/mol. The predicted octanol–water partition coefficient (Wildman–Crippen LogP) is 5.70. The van der Waals surface area contributed by atoms with Crippen LogP contribution in [0.1, 0.15) is 49.3 Å². The fourth-order valence-corrected chi connectivity index (χ4v) is 6.47. The van der Waals surface area contributed by atoms with Gasteiger partial charge in [0.25, 0.3) is 5.91 Å². The van der Waals surface area contributed by atoms with Crippen molar-refractivity contribution in [3.8, 4) is 5.75 Å². The maximum Gasteiger partial charge on any atom is 0.252 e. The summed E-state index contributed by atoms with van der Waals surface area (Å²) in [5.41, 5.74) is 4.95. The Morgan fingerprint density at radius 2 is 1.62 bits per heavy atom. The highest BCUT2D eigenvalue weighted by molar-refractivity contribution is 6.03. The van der Waals surface area contributed by atoms with Crippen LogP contribution < -0.4 is 10.1 Å². The molecule has 3 aromatic rings. The van der Waals surface area contributed by atoms with E-state index in [1.807, 2.05) is 52.3 Å². The van der Waals surface area contributed by atoms with Crippen molar-refractivity contribution >= 4 is 17.4 Å². The topological polar surface area (TPSA) is 61.9 Å². The molecule has 1 saturated heterocycles. The molecule has 2 aliphatic heterocycles. The van der Waals surface area contributed by atoms with E-state index in [1.54, 1.807) is 6.92 Å². The van der Waals surface area contributed by atoms with Gasteiger partial charge < -0.3 is 19.9 Å². The van der Waals surface area contributed by atoms with Gasteiger partial charge in [-0.1, -0.05) is 54.6 Å². The number of amides is 2. The standard InChI is InChI=1S/C36H38F3N3O3/c1-23(43)41-21-27-20-29(26-11-9-25(10-12-26)8-5-19-45-35-31(38)16-15-30(37)34(35)39)33(32(22-41)40-27)36(44)42(28-13-14-28)18-17-24-6-3-2-4-7-24/h2-4,6-7,9-12,15-16,27-28,32,40H,5,8,13-14,17-22H2,1H3. The number of piperazine rings is 1. The zero-order chi connectivity index (χ0) is 31.5. The van der Waals surface area contributed by atoms with Crippen LogP contribution in [-0.4, -0.2) is 66.0 Å². The maximum absolute atomic E-state index is 14.4. The Labute approximate surface area is 261 Å². The second-order valence-corrected chi connectivity index (χ2v) is 12.2. The molecule has 3 aliphatic rings. The van der Waals surface area contributed by atoms with Gasteiger partial charge in [-0.15, -0.1) is 0 Å². The van der Waals surface area contributed by atoms with Crippen molar-refractivity contribution in [3.05, 3.63) is 106 Å². The summed E-state index contributed by atoms with van der Waals surface area (Å²) in [6.07, 6.45) is 4.49. The summed E-state index contributed by atoms with van der Waals surface area (Å²) in [7, 11) is 0. The van der Waals surface area contributed by atoms with Gasteiger partial charge in [0.1, 0.15) is 0 Å². The number of rotatable bonds is 11. The molecule has 2 bridgehead atoms. The van der Waals surface area contributed by atoms with E-state index in [0.29, 0.717) is 38.9 Å². The minimum absolute atomic E-state index is 0.0149. The molecule has 0 radical (unpaired) electrons. The minimum Gasteiger partial charge on any atom is -0.488 e. The van der Waals surface area contributed by atoms with E-state index >= 15 is 0 Å². The molecule has 9 heteroatoms. The first-order chi connectivity index (χ1) is 21.8. The number of halogens is 3. The van der Waals surface area contributed by atoms with Crippen LogP contribution in [0.2, 0.25) is 0 Å². The smallest absolute Gasteiger partial charge is 0.252 e. The molecule has 6 rings (SSSR count). The number of aryl methyl sites for hydroxylation is 1. The van der Waals surface area contributed by atoms with E-state index < -0.39 is 23.2 Å². The second kappa shape index (κ2) is 13.5. The van der Waals surface area contributed by atoms with E-state index in [-0.39, 0.29) is 36.5 Å². The molecule has 236 valence electrons. The van der Waals surface area contributed by atoms with Crippen molar-refractivity contribution in [1.82, 2.24) is 15.1 Å². The van der Waals surface area contributed by atoms with Gasteiger partial charge in [-0.05, 0) is 72.9 Å². The first-order valence-electron chi connectivity index (χ1n) is 15.7. The van der Waals surface area contributed by atoms with Gasteiger partial charge in [0.2, 0.25) is 11.7 Å². The summed E-state index contributed by atoms with van der Waals surface area (Å²) in [4.78, 5) is 30.7. The van der Waals surface area contributed by atoms with Crippen molar-refractivity contribution in [1.29, 1.82) is 0 Å². The van der Waals surface area contributed by atoms with Crippen molar-refractivity contribution in [2.24, 2.45) is 0 Å². The zero-order valence-corrected chi connectivity index (χ0v) is 25.4. The van der Waals surface area contributed by atoms with Gasteiger partial charge in [0.05, 0.1) is 12.6 Å². The zero-order valence-electron chi connectivity index (χ0n) is 25.4. The van der Waals surface area contributed by atoms with Crippen LogP contribution in [0.15, 0.2) is 72.3 Å². The largest absolute Gasteiger partial charge is 0.488 e. The van der Waals surface area contributed by atoms with Gasteiger partial charge in [-0.2, -0.15) is 4.39 Å². The van der Waals surface area contributed by atoms with Gasteiger partial charge >= 0.3 is 0 Å². The van der Waals surface area contributed by atoms with Crippen molar-refractivity contribution in [2.45, 2.75) is 63.6 Å². The molecular formula is C36H38F3N3O3. The number of carbonyl (C=O) groups is 2. The number of hydrogen-bond donors (Lipinski definition) is 1. The van der Waals surface area contributed by atoms with Crippen molar-refractivity contribution in [3.63, 3.8) is 0 Å². The molecule has 1 aliphatic carbocycles. The lowest BCUT2D eigenvalue weighted by Gasteiger charge is -2.44. The third-order valence-electron chi connectivity index (χ3n) is 8.97.